The molecule has 1 atom stereocenters. The zero-order valence-electron chi connectivity index (χ0n) is 20.0. The van der Waals surface area contributed by atoms with Gasteiger partial charge in [-0.3, -0.25) is 4.90 Å². The van der Waals surface area contributed by atoms with Crippen LogP contribution in [0.25, 0.3) is 0 Å². The van der Waals surface area contributed by atoms with E-state index in [0.29, 0.717) is 12.6 Å². The summed E-state index contributed by atoms with van der Waals surface area (Å²) in [5, 5.41) is 3.05. The first-order chi connectivity index (χ1) is 15.2. The number of carbonyl (C=O) groups excluding carboxylic acids is 1. The first-order valence-electron chi connectivity index (χ1n) is 10.8. The molecule has 3 rings (SSSR count). The number of aryl methyl sites for hydroxylation is 1. The van der Waals surface area contributed by atoms with E-state index in [1.807, 2.05) is 58.9 Å². The maximum atomic E-state index is 12.8. The molecule has 1 aromatic carbocycles. The summed E-state index contributed by atoms with van der Waals surface area (Å²) in [6.45, 7) is 9.77. The van der Waals surface area contributed by atoms with Crippen molar-refractivity contribution in [3.8, 4) is 0 Å². The Kier molecular flexibility index (Phi) is 6.99. The Balaban J connectivity index is 1.60. The lowest BCUT2D eigenvalue weighted by Gasteiger charge is -2.35. The second-order valence-corrected chi connectivity index (χ2v) is 11.7. The largest absolute Gasteiger partial charge is 0.444 e. The van der Waals surface area contributed by atoms with Crippen LogP contribution < -0.4 is 5.32 Å². The quantitative estimate of drug-likeness (QED) is 0.668. The van der Waals surface area contributed by atoms with E-state index in [0.717, 1.165) is 30.3 Å². The number of amides is 1. The highest BCUT2D eigenvalue weighted by atomic mass is 32.2. The molecule has 2 heterocycles. The van der Waals surface area contributed by atoms with Crippen molar-refractivity contribution < 1.29 is 22.7 Å². The number of nitrogens with one attached hydrogen (secondary N) is 1. The minimum Gasteiger partial charge on any atom is -0.444 e. The van der Waals surface area contributed by atoms with E-state index < -0.39 is 21.2 Å². The van der Waals surface area contributed by atoms with Crippen molar-refractivity contribution >= 4 is 27.6 Å². The zero-order valence-corrected chi connectivity index (χ0v) is 20.8. The smallest absolute Gasteiger partial charge is 0.412 e. The summed E-state index contributed by atoms with van der Waals surface area (Å²) >= 11 is 0. The predicted octanol–water partition coefficient (Wildman–Crippen LogP) is 3.93. The summed E-state index contributed by atoms with van der Waals surface area (Å²) < 4.78 is 34.5. The number of ether oxygens (including phenoxy) is 2. The van der Waals surface area contributed by atoms with Crippen molar-refractivity contribution in [3.05, 3.63) is 42.2 Å². The average molecular weight is 477 g/mol. The summed E-state index contributed by atoms with van der Waals surface area (Å²) in [6.07, 6.45) is 4.82. The van der Waals surface area contributed by atoms with Gasteiger partial charge in [0.15, 0.2) is 9.84 Å². The topological polar surface area (TPSA) is 111 Å². The number of nitrogens with zero attached hydrogens (tertiary/aromatic N) is 3. The van der Waals surface area contributed by atoms with E-state index in [4.69, 9.17) is 9.47 Å². The Morgan fingerprint density at radius 2 is 1.82 bits per heavy atom. The van der Waals surface area contributed by atoms with Gasteiger partial charge in [0.05, 0.1) is 25.0 Å². The monoisotopic (exact) mass is 476 g/mol. The molecule has 0 spiro atoms. The van der Waals surface area contributed by atoms with Crippen molar-refractivity contribution in [1.82, 2.24) is 14.9 Å². The highest BCUT2D eigenvalue weighted by Gasteiger charge is 2.45. The molecule has 1 amide bonds. The van der Waals surface area contributed by atoms with Gasteiger partial charge in [0.2, 0.25) is 5.95 Å². The Morgan fingerprint density at radius 1 is 1.21 bits per heavy atom. The molecule has 2 aromatic rings. The Morgan fingerprint density at radius 3 is 2.36 bits per heavy atom. The Bertz CT molecular complexity index is 1080. The highest BCUT2D eigenvalue weighted by Crippen LogP contribution is 2.31. The van der Waals surface area contributed by atoms with E-state index >= 15 is 0 Å². The molecule has 1 unspecified atom stereocenters. The van der Waals surface area contributed by atoms with Gasteiger partial charge >= 0.3 is 6.09 Å². The molecule has 1 aliphatic rings. The number of benzene rings is 1. The van der Waals surface area contributed by atoms with Crippen LogP contribution in [-0.4, -0.2) is 59.6 Å². The molecular formula is C23H32N4O5S. The molecule has 33 heavy (non-hydrogen) atoms. The molecule has 180 valence electrons. The van der Waals surface area contributed by atoms with Crippen LogP contribution in [0.5, 0.6) is 0 Å². The van der Waals surface area contributed by atoms with Crippen molar-refractivity contribution in [2.24, 2.45) is 0 Å². The highest BCUT2D eigenvalue weighted by molar-refractivity contribution is 7.90. The first-order valence-corrected chi connectivity index (χ1v) is 12.7. The number of aromatic nitrogens is 2. The van der Waals surface area contributed by atoms with Gasteiger partial charge in [-0.15, -0.1) is 0 Å². The fourth-order valence-corrected chi connectivity index (χ4v) is 4.05. The lowest BCUT2D eigenvalue weighted by Crippen LogP contribution is -2.49. The molecule has 1 aromatic heterocycles. The number of hydrogen-bond donors (Lipinski definition) is 1. The molecule has 0 radical (unpaired) electrons. The molecular weight excluding hydrogens is 444 g/mol. The van der Waals surface area contributed by atoms with Crippen molar-refractivity contribution in [3.63, 3.8) is 0 Å². The first kappa shape index (κ1) is 24.9. The van der Waals surface area contributed by atoms with Gasteiger partial charge in [0, 0.05) is 11.9 Å². The predicted molar refractivity (Wildman–Crippen MR) is 125 cm³/mol. The van der Waals surface area contributed by atoms with Crippen LogP contribution in [0.4, 0.5) is 16.4 Å². The number of hydrogen-bond acceptors (Lipinski definition) is 8. The molecule has 0 bridgehead atoms. The third kappa shape index (κ3) is 6.64. The second-order valence-electron chi connectivity index (χ2n) is 9.64. The minimum absolute atomic E-state index is 0.0721. The zero-order chi connectivity index (χ0) is 24.4. The summed E-state index contributed by atoms with van der Waals surface area (Å²) in [6, 6.07) is 7.72. The van der Waals surface area contributed by atoms with Gasteiger partial charge in [0.1, 0.15) is 16.2 Å². The van der Waals surface area contributed by atoms with Gasteiger partial charge < -0.3 is 14.8 Å². The van der Waals surface area contributed by atoms with E-state index in [1.165, 1.54) is 12.4 Å². The second kappa shape index (κ2) is 9.26. The molecule has 10 heteroatoms. The maximum Gasteiger partial charge on any atom is 0.412 e. The van der Waals surface area contributed by atoms with Crippen molar-refractivity contribution in [2.45, 2.75) is 69.7 Å². The summed E-state index contributed by atoms with van der Waals surface area (Å²) in [7, 11) is -3.33. The van der Waals surface area contributed by atoms with Gasteiger partial charge in [-0.2, -0.15) is 0 Å². The van der Waals surface area contributed by atoms with Crippen LogP contribution in [0.15, 0.2) is 41.6 Å². The third-order valence-electron chi connectivity index (χ3n) is 5.20. The van der Waals surface area contributed by atoms with E-state index in [1.54, 1.807) is 4.90 Å². The SMILES string of the molecule is CC(C)(C)OC(=O)N1C(CCc2ccc(Nc3ncc(S(C)(=O)=O)cn3)cc2)COC1(C)C. The number of rotatable bonds is 6. The van der Waals surface area contributed by atoms with Crippen LogP contribution in [0.1, 0.15) is 46.6 Å². The third-order valence-corrected chi connectivity index (χ3v) is 6.26. The fraction of sp³-hybridized carbons (Fsp3) is 0.522. The lowest BCUT2D eigenvalue weighted by atomic mass is 10.0. The van der Waals surface area contributed by atoms with E-state index in [9.17, 15) is 13.2 Å². The maximum absolute atomic E-state index is 12.8. The molecule has 1 aliphatic heterocycles. The van der Waals surface area contributed by atoms with Gasteiger partial charge in [-0.25, -0.2) is 23.2 Å². The summed E-state index contributed by atoms with van der Waals surface area (Å²) in [5.74, 6) is 0.313. The fourth-order valence-electron chi connectivity index (χ4n) is 3.57. The number of anilines is 2. The minimum atomic E-state index is -3.33. The Hall–Kier alpha value is -2.72. The van der Waals surface area contributed by atoms with E-state index in [-0.39, 0.29) is 17.0 Å². The number of sulfone groups is 1. The van der Waals surface area contributed by atoms with Crippen LogP contribution in [0, 0.1) is 0 Å². The Labute approximate surface area is 195 Å². The standard InChI is InChI=1S/C23H32N4O5S/c1-22(2,3)32-21(28)27-18(15-31-23(27,4)5)12-9-16-7-10-17(11-8-16)26-20-24-13-19(14-25-20)33(6,29)30/h7-8,10-11,13-14,18H,9,12,15H2,1-6H3,(H,24,25,26). The molecule has 9 nitrogen and oxygen atoms in total. The van der Waals surface area contributed by atoms with Gasteiger partial charge in [0.25, 0.3) is 0 Å². The normalized spacial score (nSPS) is 18.2. The summed E-state index contributed by atoms with van der Waals surface area (Å²) in [5.41, 5.74) is 0.611. The molecule has 0 saturated carbocycles. The average Bonchev–Trinajstić information content (AvgIpc) is 3.00. The molecule has 1 N–H and O–H groups in total. The van der Waals surface area contributed by atoms with E-state index in [2.05, 4.69) is 15.3 Å². The van der Waals surface area contributed by atoms with Crippen LogP contribution in [-0.2, 0) is 25.7 Å². The molecule has 1 saturated heterocycles. The molecule has 0 aliphatic carbocycles. The summed E-state index contributed by atoms with van der Waals surface area (Å²) in [4.78, 5) is 22.6. The van der Waals surface area contributed by atoms with Gasteiger partial charge in [-0.05, 0) is 65.2 Å². The van der Waals surface area contributed by atoms with Crippen LogP contribution >= 0.6 is 0 Å². The lowest BCUT2D eigenvalue weighted by molar-refractivity contribution is -0.0626. The number of carbonyl (C=O) groups is 1. The molecule has 1 fully saturated rings. The van der Waals surface area contributed by atoms with Crippen LogP contribution in [0.2, 0.25) is 0 Å². The van der Waals surface area contributed by atoms with Crippen LogP contribution in [0.3, 0.4) is 0 Å². The van der Waals surface area contributed by atoms with Gasteiger partial charge in [-0.1, -0.05) is 12.1 Å². The van der Waals surface area contributed by atoms with Crippen molar-refractivity contribution in [1.29, 1.82) is 0 Å². The van der Waals surface area contributed by atoms with Crippen molar-refractivity contribution in [2.75, 3.05) is 18.2 Å².